The number of anilines is 1. The topological polar surface area (TPSA) is 118 Å². The van der Waals surface area contributed by atoms with Gasteiger partial charge in [-0.15, -0.1) is 5.10 Å². The summed E-state index contributed by atoms with van der Waals surface area (Å²) in [5.74, 6) is 2.03. The van der Waals surface area contributed by atoms with E-state index in [4.69, 9.17) is 26.4 Å². The van der Waals surface area contributed by atoms with Crippen LogP contribution in [-0.4, -0.2) is 51.5 Å². The first-order valence-electron chi connectivity index (χ1n) is 16.5. The molecule has 1 aliphatic heterocycles. The van der Waals surface area contributed by atoms with Crippen LogP contribution in [0.15, 0.2) is 53.2 Å². The van der Waals surface area contributed by atoms with Gasteiger partial charge >= 0.3 is 35.5 Å². The first-order valence-corrected chi connectivity index (χ1v) is 17.5. The summed E-state index contributed by atoms with van der Waals surface area (Å²) in [6, 6.07) is 13.9. The van der Waals surface area contributed by atoms with E-state index in [0.717, 1.165) is 73.2 Å². The first-order chi connectivity index (χ1) is 23.1. The van der Waals surface area contributed by atoms with E-state index in [1.54, 1.807) is 0 Å². The van der Waals surface area contributed by atoms with Crippen LogP contribution in [0.2, 0.25) is 0 Å². The molecule has 49 heavy (non-hydrogen) atoms. The number of allylic oxidation sites excluding steroid dienone is 1. The van der Waals surface area contributed by atoms with Crippen molar-refractivity contribution in [3.05, 3.63) is 76.5 Å². The smallest absolute Gasteiger partial charge is 0.691 e. The molecule has 13 heteroatoms. The molecule has 1 fully saturated rings. The van der Waals surface area contributed by atoms with E-state index < -0.39 is 5.97 Å². The van der Waals surface area contributed by atoms with Crippen LogP contribution in [0.4, 0.5) is 11.4 Å². The van der Waals surface area contributed by atoms with E-state index in [1.165, 1.54) is 4.68 Å². The summed E-state index contributed by atoms with van der Waals surface area (Å²) in [5, 5.41) is 18.1. The second kappa shape index (κ2) is 17.8. The first kappa shape index (κ1) is 38.8. The third-order valence-corrected chi connectivity index (χ3v) is 9.76. The molecule has 0 spiro atoms. The van der Waals surface area contributed by atoms with E-state index in [2.05, 4.69) is 52.9 Å². The molecule has 0 saturated heterocycles. The Hall–Kier alpha value is -3.02. The Morgan fingerprint density at radius 3 is 2.47 bits per heavy atom. The zero-order valence-electron chi connectivity index (χ0n) is 29.4. The van der Waals surface area contributed by atoms with Gasteiger partial charge in [0.1, 0.15) is 11.7 Å². The molecule has 2 aliphatic rings. The number of fused-ring (bicyclic) bond motifs is 1. The molecule has 1 saturated carbocycles. The van der Waals surface area contributed by atoms with Crippen molar-refractivity contribution in [2.75, 3.05) is 23.7 Å². The maximum Gasteiger partial charge on any atom is 1.00 e. The molecule has 2 atom stereocenters. The number of rotatable bonds is 13. The van der Waals surface area contributed by atoms with Crippen molar-refractivity contribution in [2.24, 2.45) is 22.7 Å². The summed E-state index contributed by atoms with van der Waals surface area (Å²) in [7, 11) is 0. The van der Waals surface area contributed by atoms with Crippen LogP contribution in [0.25, 0.3) is 21.8 Å². The van der Waals surface area contributed by atoms with Crippen molar-refractivity contribution < 1.29 is 53.7 Å². The van der Waals surface area contributed by atoms with Crippen molar-refractivity contribution in [1.82, 2.24) is 14.8 Å². The third-order valence-electron chi connectivity index (χ3n) is 9.15. The van der Waals surface area contributed by atoms with Gasteiger partial charge in [0.25, 0.3) is 0 Å². The fraction of sp³-hybridized carbons (Fsp3) is 0.472. The number of carbonyl (C=O) groups is 1. The van der Waals surface area contributed by atoms with Crippen molar-refractivity contribution in [3.63, 3.8) is 0 Å². The van der Waals surface area contributed by atoms with Crippen LogP contribution >= 0.6 is 12.0 Å². The number of esters is 1. The number of hydrogen-bond donors (Lipinski definition) is 0. The average molecular weight is 695 g/mol. The van der Waals surface area contributed by atoms with Gasteiger partial charge in [-0.1, -0.05) is 50.6 Å². The summed E-state index contributed by atoms with van der Waals surface area (Å²) < 4.78 is 12.1. The van der Waals surface area contributed by atoms with Gasteiger partial charge in [0, 0.05) is 42.1 Å². The SMILES string of the molecule is [C-]#[N+]C1=C(C(=O)OC2C(C)CC(C)CC2C)c2nc(-c3ccc(C)cc3)nn2C1=Nc1ccc(N(CC)CCCCSOO[O-])cc1C.[Na+]. The molecule has 2 aromatic carbocycles. The molecule has 1 aromatic heterocycles. The van der Waals surface area contributed by atoms with Crippen molar-refractivity contribution in [2.45, 2.75) is 73.3 Å². The average Bonchev–Trinajstić information content (AvgIpc) is 3.61. The number of aryl methyl sites for hydroxylation is 2. The van der Waals surface area contributed by atoms with Crippen LogP contribution < -0.4 is 39.7 Å². The van der Waals surface area contributed by atoms with Crippen LogP contribution in [0.3, 0.4) is 0 Å². The number of carbonyl (C=O) groups excluding carboxylic acids is 1. The number of ether oxygens (including phenoxy) is 1. The number of nitrogens with zero attached hydrogens (tertiary/aromatic N) is 6. The largest absolute Gasteiger partial charge is 1.00 e. The minimum atomic E-state index is -0.565. The Morgan fingerprint density at radius 2 is 1.84 bits per heavy atom. The van der Waals surface area contributed by atoms with Gasteiger partial charge in [-0.25, -0.2) is 24.3 Å². The number of unbranched alkanes of at least 4 members (excludes halogenated alkanes) is 1. The van der Waals surface area contributed by atoms with Crippen molar-refractivity contribution in [1.29, 1.82) is 0 Å². The fourth-order valence-electron chi connectivity index (χ4n) is 6.83. The summed E-state index contributed by atoms with van der Waals surface area (Å²) >= 11 is 1.00. The van der Waals surface area contributed by atoms with Gasteiger partial charge in [0.2, 0.25) is 5.70 Å². The molecule has 0 N–H and O–H groups in total. The number of aliphatic imine (C=N–C) groups is 1. The molecule has 254 valence electrons. The summed E-state index contributed by atoms with van der Waals surface area (Å²) in [5.41, 5.74) is 4.71. The monoisotopic (exact) mass is 694 g/mol. The Labute approximate surface area is 315 Å². The molecule has 5 rings (SSSR count). The number of aromatic nitrogens is 3. The van der Waals surface area contributed by atoms with Crippen molar-refractivity contribution >= 4 is 40.8 Å². The van der Waals surface area contributed by atoms with E-state index >= 15 is 0 Å². The van der Waals surface area contributed by atoms with E-state index in [1.807, 2.05) is 50.2 Å². The van der Waals surface area contributed by atoms with Gasteiger partial charge in [0.15, 0.2) is 17.5 Å². The number of hydrogen-bond acceptors (Lipinski definition) is 10. The van der Waals surface area contributed by atoms with E-state index in [-0.39, 0.29) is 70.4 Å². The minimum absolute atomic E-state index is 0. The van der Waals surface area contributed by atoms with E-state index in [0.29, 0.717) is 23.2 Å². The van der Waals surface area contributed by atoms with E-state index in [9.17, 15) is 10.1 Å². The summed E-state index contributed by atoms with van der Waals surface area (Å²) in [6.07, 6.45) is 3.49. The molecule has 2 heterocycles. The van der Waals surface area contributed by atoms with Crippen molar-refractivity contribution in [3.8, 4) is 11.4 Å². The quantitative estimate of drug-likeness (QED) is 0.0500. The van der Waals surface area contributed by atoms with Gasteiger partial charge < -0.3 is 14.9 Å². The van der Waals surface area contributed by atoms with Gasteiger partial charge in [-0.3, -0.25) is 5.04 Å². The van der Waals surface area contributed by atoms with Crippen LogP contribution in [-0.2, 0) is 18.9 Å². The van der Waals surface area contributed by atoms with Crippen LogP contribution in [0.5, 0.6) is 0 Å². The molecular weight excluding hydrogens is 651 g/mol. The molecule has 0 radical (unpaired) electrons. The third kappa shape index (κ3) is 9.02. The Kier molecular flexibility index (Phi) is 14.1. The maximum absolute atomic E-state index is 14.0. The van der Waals surface area contributed by atoms with Gasteiger partial charge in [-0.2, -0.15) is 4.33 Å². The predicted octanol–water partition coefficient (Wildman–Crippen LogP) is 3.88. The Bertz CT molecular complexity index is 1710. The van der Waals surface area contributed by atoms with Gasteiger partial charge in [-0.05, 0) is 88.0 Å². The zero-order valence-corrected chi connectivity index (χ0v) is 32.2. The fourth-order valence-corrected chi connectivity index (χ4v) is 7.26. The second-order valence-electron chi connectivity index (χ2n) is 12.9. The Balaban J connectivity index is 0.00000541. The summed E-state index contributed by atoms with van der Waals surface area (Å²) in [4.78, 5) is 29.8. The zero-order chi connectivity index (χ0) is 34.4. The summed E-state index contributed by atoms with van der Waals surface area (Å²) in [6.45, 7) is 22.4. The number of benzene rings is 2. The standard InChI is InChI=1S/C36H44N6O5S.Na/c1-8-41(17-9-10-18-48-47-46-44)28-15-16-29(24(4)21-28)38-35-31(37-7)30(36(43)45-32-25(5)19-23(3)20-26(32)6)34-39-33(40-42(34)35)27-13-11-22(2)12-14-27;/h11-16,21,23,25-26,32,44H,8-10,17-20H2,1-6H3;/q;+1/p-1. The Morgan fingerprint density at radius 1 is 1.12 bits per heavy atom. The van der Waals surface area contributed by atoms with Crippen LogP contribution in [0.1, 0.15) is 70.3 Å². The molecule has 11 nitrogen and oxygen atoms in total. The maximum atomic E-state index is 14.0. The van der Waals surface area contributed by atoms with Crippen LogP contribution in [0, 0.1) is 38.2 Å². The molecule has 0 bridgehead atoms. The second-order valence-corrected chi connectivity index (χ2v) is 13.7. The molecule has 2 unspecified atom stereocenters. The van der Waals surface area contributed by atoms with Gasteiger partial charge in [0.05, 0.1) is 12.3 Å². The predicted molar refractivity (Wildman–Crippen MR) is 186 cm³/mol. The normalized spacial score (nSPS) is 20.9. The molecular formula is C36H43N6NaO5S. The minimum Gasteiger partial charge on any atom is -0.691 e. The molecule has 3 aromatic rings. The molecule has 1 aliphatic carbocycles. The molecule has 0 amide bonds.